The number of anilines is 1. The first kappa shape index (κ1) is 28.4. The van der Waals surface area contributed by atoms with Crippen LogP contribution in [0.2, 0.25) is 10.0 Å². The molecule has 0 aromatic heterocycles. The lowest BCUT2D eigenvalue weighted by Gasteiger charge is -2.29. The van der Waals surface area contributed by atoms with Gasteiger partial charge in [0.2, 0.25) is 0 Å². The van der Waals surface area contributed by atoms with Gasteiger partial charge in [-0.15, -0.1) is 6.58 Å². The van der Waals surface area contributed by atoms with E-state index in [2.05, 4.69) is 30.1 Å². The summed E-state index contributed by atoms with van der Waals surface area (Å²) in [4.78, 5) is 27.6. The normalized spacial score (nSPS) is 14.4. The average Bonchev–Trinajstić information content (AvgIpc) is 2.96. The van der Waals surface area contributed by atoms with Gasteiger partial charge >= 0.3 is 0 Å². The van der Waals surface area contributed by atoms with Crippen LogP contribution in [0.4, 0.5) is 5.69 Å². The monoisotopic (exact) mass is 602 g/mol. The van der Waals surface area contributed by atoms with Crippen LogP contribution in [0.25, 0.3) is 16.8 Å². The molecule has 4 aromatic rings. The third-order valence-electron chi connectivity index (χ3n) is 6.58. The third-order valence-corrected chi connectivity index (χ3v) is 7.67. The molecule has 0 unspecified atom stereocenters. The number of nitrogens with zero attached hydrogens (tertiary/aromatic N) is 1. The maximum Gasteiger partial charge on any atom is 0.270 e. The van der Waals surface area contributed by atoms with Gasteiger partial charge in [-0.2, -0.15) is 0 Å². The number of fused-ring (bicyclic) bond motifs is 1. The van der Waals surface area contributed by atoms with Gasteiger partial charge in [0, 0.05) is 5.56 Å². The number of nitrogens with one attached hydrogen (secondary N) is 1. The molecule has 1 saturated heterocycles. The maximum atomic E-state index is 13.5. The fourth-order valence-electron chi connectivity index (χ4n) is 4.67. The summed E-state index contributed by atoms with van der Waals surface area (Å²) < 4.78 is 12.0. The summed E-state index contributed by atoms with van der Waals surface area (Å²) in [6.45, 7) is 4.19. The Morgan fingerprint density at radius 2 is 1.76 bits per heavy atom. The Labute approximate surface area is 252 Å². The van der Waals surface area contributed by atoms with Crippen LogP contribution in [0.3, 0.4) is 0 Å². The van der Waals surface area contributed by atoms with Crippen LogP contribution >= 0.6 is 35.4 Å². The first-order valence-corrected chi connectivity index (χ1v) is 13.8. The third kappa shape index (κ3) is 5.70. The van der Waals surface area contributed by atoms with E-state index >= 15 is 0 Å². The van der Waals surface area contributed by atoms with Crippen LogP contribution in [0.15, 0.2) is 91.0 Å². The summed E-state index contributed by atoms with van der Waals surface area (Å²) in [5, 5.41) is 5.08. The number of hydrogen-bond donors (Lipinski definition) is 1. The maximum absolute atomic E-state index is 13.5. The summed E-state index contributed by atoms with van der Waals surface area (Å²) in [6.07, 6.45) is 3.69. The van der Waals surface area contributed by atoms with Crippen molar-refractivity contribution in [1.82, 2.24) is 5.32 Å². The highest BCUT2D eigenvalue weighted by molar-refractivity contribution is 7.80. The van der Waals surface area contributed by atoms with Crippen LogP contribution < -0.4 is 19.7 Å². The zero-order chi connectivity index (χ0) is 29.1. The van der Waals surface area contributed by atoms with Crippen LogP contribution in [0, 0.1) is 0 Å². The zero-order valence-electron chi connectivity index (χ0n) is 21.9. The summed E-state index contributed by atoms with van der Waals surface area (Å²) in [5.41, 5.74) is 2.49. The molecule has 2 amide bonds. The number of carbonyl (C=O) groups excluding carboxylic acids is 2. The number of benzene rings is 4. The molecule has 9 heteroatoms. The molecule has 206 valence electrons. The van der Waals surface area contributed by atoms with E-state index in [1.54, 1.807) is 30.3 Å². The van der Waals surface area contributed by atoms with Crippen molar-refractivity contribution in [2.24, 2.45) is 0 Å². The molecule has 4 aromatic carbocycles. The smallest absolute Gasteiger partial charge is 0.270 e. The van der Waals surface area contributed by atoms with E-state index in [1.807, 2.05) is 30.3 Å². The molecule has 1 heterocycles. The Morgan fingerprint density at radius 1 is 1.00 bits per heavy atom. The summed E-state index contributed by atoms with van der Waals surface area (Å²) in [6, 6.07) is 22.6. The molecule has 1 fully saturated rings. The number of halogens is 2. The minimum atomic E-state index is -0.636. The SMILES string of the molecule is C=CCc1cc(/C=C2\C(=O)NC(=S)N(c3cccc(Cl)c3Cl)C2=O)cc(OC)c1OCc1cccc2ccccc12. The van der Waals surface area contributed by atoms with Crippen molar-refractivity contribution < 1.29 is 19.1 Å². The Morgan fingerprint density at radius 3 is 2.54 bits per heavy atom. The second-order valence-electron chi connectivity index (χ2n) is 9.16. The highest BCUT2D eigenvalue weighted by Gasteiger charge is 2.35. The number of thiocarbonyl (C=S) groups is 1. The Balaban J connectivity index is 1.51. The standard InChI is InChI=1S/C32H24Cl2N2O4S/c1-3-8-21-15-19(16-24-30(37)35-32(41)36(31(24)38)26-14-7-13-25(33)28(26)34)17-27(39-2)29(21)40-18-22-11-6-10-20-9-4-5-12-23(20)22/h3-7,9-17H,1,8,18H2,2H3,(H,35,37,41)/b24-16+. The van der Waals surface area contributed by atoms with E-state index in [0.717, 1.165) is 26.8 Å². The quantitative estimate of drug-likeness (QED) is 0.0992. The molecule has 5 rings (SSSR count). The zero-order valence-corrected chi connectivity index (χ0v) is 24.3. The van der Waals surface area contributed by atoms with E-state index in [4.69, 9.17) is 44.9 Å². The van der Waals surface area contributed by atoms with Gasteiger partial charge in [0.05, 0.1) is 22.8 Å². The minimum absolute atomic E-state index is 0.0940. The Hall–Kier alpha value is -4.17. The summed E-state index contributed by atoms with van der Waals surface area (Å²) >= 11 is 17.8. The van der Waals surface area contributed by atoms with Gasteiger partial charge < -0.3 is 9.47 Å². The summed E-state index contributed by atoms with van der Waals surface area (Å²) in [7, 11) is 1.54. The number of allylic oxidation sites excluding steroid dienone is 1. The van der Waals surface area contributed by atoms with E-state index in [0.29, 0.717) is 30.1 Å². The molecule has 0 saturated carbocycles. The largest absolute Gasteiger partial charge is 0.493 e. The van der Waals surface area contributed by atoms with Crippen molar-refractivity contribution in [2.45, 2.75) is 13.0 Å². The van der Waals surface area contributed by atoms with Crippen molar-refractivity contribution in [1.29, 1.82) is 0 Å². The number of hydrogen-bond acceptors (Lipinski definition) is 5. The van der Waals surface area contributed by atoms with Gasteiger partial charge in [0.25, 0.3) is 11.8 Å². The van der Waals surface area contributed by atoms with Crippen LogP contribution in [-0.4, -0.2) is 24.0 Å². The molecule has 0 spiro atoms. The van der Waals surface area contributed by atoms with E-state index in [9.17, 15) is 9.59 Å². The second kappa shape index (κ2) is 12.1. The number of rotatable bonds is 8. The first-order chi connectivity index (χ1) is 19.8. The molecule has 6 nitrogen and oxygen atoms in total. The first-order valence-electron chi connectivity index (χ1n) is 12.6. The molecule has 0 radical (unpaired) electrons. The van der Waals surface area contributed by atoms with E-state index in [1.165, 1.54) is 13.2 Å². The van der Waals surface area contributed by atoms with Crippen LogP contribution in [0.5, 0.6) is 11.5 Å². The fourth-order valence-corrected chi connectivity index (χ4v) is 5.32. The van der Waals surface area contributed by atoms with Crippen molar-refractivity contribution in [3.63, 3.8) is 0 Å². The topological polar surface area (TPSA) is 67.9 Å². The van der Waals surface area contributed by atoms with E-state index in [-0.39, 0.29) is 26.4 Å². The lowest BCUT2D eigenvalue weighted by Crippen LogP contribution is -2.54. The van der Waals surface area contributed by atoms with Crippen LogP contribution in [0.1, 0.15) is 16.7 Å². The van der Waals surface area contributed by atoms with Crippen molar-refractivity contribution in [3.8, 4) is 11.5 Å². The van der Waals surface area contributed by atoms with Crippen LogP contribution in [-0.2, 0) is 22.6 Å². The Kier molecular flexibility index (Phi) is 8.40. The predicted molar refractivity (Wildman–Crippen MR) is 168 cm³/mol. The van der Waals surface area contributed by atoms with Gasteiger partial charge in [-0.1, -0.05) is 77.8 Å². The summed E-state index contributed by atoms with van der Waals surface area (Å²) in [5.74, 6) is -0.265. The minimum Gasteiger partial charge on any atom is -0.493 e. The van der Waals surface area contributed by atoms with Gasteiger partial charge in [0.1, 0.15) is 12.2 Å². The molecule has 0 atom stereocenters. The van der Waals surface area contributed by atoms with E-state index < -0.39 is 11.8 Å². The van der Waals surface area contributed by atoms with Gasteiger partial charge in [0.15, 0.2) is 16.6 Å². The number of carbonyl (C=O) groups is 2. The number of methoxy groups -OCH3 is 1. The molecule has 1 aliphatic heterocycles. The number of ether oxygens (including phenoxy) is 2. The molecule has 0 aliphatic carbocycles. The van der Waals surface area contributed by atoms with Crippen molar-refractivity contribution in [2.75, 3.05) is 12.0 Å². The second-order valence-corrected chi connectivity index (χ2v) is 10.3. The van der Waals surface area contributed by atoms with Crippen molar-refractivity contribution >= 4 is 74.9 Å². The molecular formula is C32H24Cl2N2O4S. The average molecular weight is 604 g/mol. The van der Waals surface area contributed by atoms with Gasteiger partial charge in [-0.3, -0.25) is 19.8 Å². The van der Waals surface area contributed by atoms with Gasteiger partial charge in [-0.05, 0) is 70.9 Å². The highest BCUT2D eigenvalue weighted by atomic mass is 35.5. The molecular weight excluding hydrogens is 579 g/mol. The lowest BCUT2D eigenvalue weighted by atomic mass is 10.0. The number of amides is 2. The Bertz CT molecular complexity index is 1750. The fraction of sp³-hybridized carbons (Fsp3) is 0.0938. The van der Waals surface area contributed by atoms with Gasteiger partial charge in [-0.25, -0.2) is 0 Å². The lowest BCUT2D eigenvalue weighted by molar-refractivity contribution is -0.122. The molecule has 1 aliphatic rings. The molecule has 0 bridgehead atoms. The molecule has 1 N–H and O–H groups in total. The van der Waals surface area contributed by atoms with Crippen molar-refractivity contribution in [3.05, 3.63) is 118 Å². The highest BCUT2D eigenvalue weighted by Crippen LogP contribution is 2.37. The molecule has 41 heavy (non-hydrogen) atoms. The predicted octanol–water partition coefficient (Wildman–Crippen LogP) is 7.29.